The van der Waals surface area contributed by atoms with E-state index in [0.29, 0.717) is 16.4 Å². The number of aromatic nitrogens is 2. The standard InChI is InChI=1S/C20H27N5O2S/c1-14-8-17(23-18(9-14)27-3)25-7-5-20(13-25)4-6-24(12-20)11-16-10-21-19(28-16)22-15(2)26/h8-10H,4-7,11-13H2,1-3H3,(H,21,22,26). The fraction of sp³-hybridized carbons (Fsp3) is 0.550. The Morgan fingerprint density at radius 1 is 1.32 bits per heavy atom. The predicted octanol–water partition coefficient (Wildman–Crippen LogP) is 2.92. The summed E-state index contributed by atoms with van der Waals surface area (Å²) in [5.74, 6) is 1.63. The highest BCUT2D eigenvalue weighted by atomic mass is 32.1. The molecule has 1 unspecified atom stereocenters. The Morgan fingerprint density at radius 3 is 2.93 bits per heavy atom. The highest BCUT2D eigenvalue weighted by Crippen LogP contribution is 2.41. The molecule has 0 bridgehead atoms. The van der Waals surface area contributed by atoms with Crippen molar-refractivity contribution in [2.24, 2.45) is 5.41 Å². The second-order valence-corrected chi connectivity index (χ2v) is 9.11. The third-order valence-corrected chi connectivity index (χ3v) is 6.53. The molecule has 2 aromatic rings. The predicted molar refractivity (Wildman–Crippen MR) is 111 cm³/mol. The number of thiazole rings is 1. The average Bonchev–Trinajstić information content (AvgIpc) is 3.36. The first-order valence-electron chi connectivity index (χ1n) is 9.67. The number of methoxy groups -OCH3 is 1. The summed E-state index contributed by atoms with van der Waals surface area (Å²) in [6.07, 6.45) is 4.29. The lowest BCUT2D eigenvalue weighted by atomic mass is 9.86. The molecular formula is C20H27N5O2S. The summed E-state index contributed by atoms with van der Waals surface area (Å²) in [6, 6.07) is 4.12. The second-order valence-electron chi connectivity index (χ2n) is 7.99. The van der Waals surface area contributed by atoms with Crippen molar-refractivity contribution in [1.29, 1.82) is 0 Å². The first-order chi connectivity index (χ1) is 13.4. The molecule has 7 nitrogen and oxygen atoms in total. The Balaban J connectivity index is 1.38. The summed E-state index contributed by atoms with van der Waals surface area (Å²) >= 11 is 1.56. The van der Waals surface area contributed by atoms with E-state index in [4.69, 9.17) is 4.74 Å². The third kappa shape index (κ3) is 4.12. The molecule has 0 aliphatic carbocycles. The molecular weight excluding hydrogens is 374 g/mol. The molecule has 2 aliphatic heterocycles. The molecule has 0 aromatic carbocycles. The monoisotopic (exact) mass is 401 g/mol. The molecule has 2 aromatic heterocycles. The Bertz CT molecular complexity index is 870. The van der Waals surface area contributed by atoms with Gasteiger partial charge in [-0.2, -0.15) is 4.98 Å². The maximum atomic E-state index is 11.2. The van der Waals surface area contributed by atoms with Crippen LogP contribution in [-0.4, -0.2) is 54.1 Å². The van der Waals surface area contributed by atoms with Crippen LogP contribution >= 0.6 is 11.3 Å². The minimum Gasteiger partial charge on any atom is -0.481 e. The zero-order valence-electron chi connectivity index (χ0n) is 16.7. The lowest BCUT2D eigenvalue weighted by Crippen LogP contribution is -2.31. The fourth-order valence-corrected chi connectivity index (χ4v) is 5.22. The smallest absolute Gasteiger partial charge is 0.223 e. The van der Waals surface area contributed by atoms with E-state index < -0.39 is 0 Å². The molecule has 2 aliphatic rings. The largest absolute Gasteiger partial charge is 0.481 e. The van der Waals surface area contributed by atoms with Crippen molar-refractivity contribution in [3.05, 3.63) is 28.8 Å². The van der Waals surface area contributed by atoms with E-state index in [1.807, 2.05) is 12.3 Å². The van der Waals surface area contributed by atoms with E-state index in [1.54, 1.807) is 18.4 Å². The van der Waals surface area contributed by atoms with Gasteiger partial charge in [-0.3, -0.25) is 9.69 Å². The van der Waals surface area contributed by atoms with E-state index in [2.05, 4.69) is 38.1 Å². The van der Waals surface area contributed by atoms with Crippen LogP contribution in [0.3, 0.4) is 0 Å². The number of hydrogen-bond acceptors (Lipinski definition) is 7. The molecule has 150 valence electrons. The maximum absolute atomic E-state index is 11.2. The van der Waals surface area contributed by atoms with Gasteiger partial charge in [0.2, 0.25) is 11.8 Å². The van der Waals surface area contributed by atoms with Crippen LogP contribution in [0.5, 0.6) is 5.88 Å². The maximum Gasteiger partial charge on any atom is 0.223 e. The van der Waals surface area contributed by atoms with Gasteiger partial charge in [-0.15, -0.1) is 11.3 Å². The summed E-state index contributed by atoms with van der Waals surface area (Å²) in [6.45, 7) is 8.78. The number of aryl methyl sites for hydroxylation is 1. The molecule has 1 atom stereocenters. The molecule has 2 fully saturated rings. The second kappa shape index (κ2) is 7.67. The minimum absolute atomic E-state index is 0.0755. The number of rotatable bonds is 5. The topological polar surface area (TPSA) is 70.6 Å². The van der Waals surface area contributed by atoms with Crippen LogP contribution in [0, 0.1) is 12.3 Å². The zero-order valence-corrected chi connectivity index (χ0v) is 17.5. The van der Waals surface area contributed by atoms with Crippen molar-refractivity contribution in [3.63, 3.8) is 0 Å². The van der Waals surface area contributed by atoms with Crippen LogP contribution < -0.4 is 15.0 Å². The number of ether oxygens (including phenoxy) is 1. The molecule has 28 heavy (non-hydrogen) atoms. The molecule has 2 saturated heterocycles. The molecule has 1 N–H and O–H groups in total. The van der Waals surface area contributed by atoms with Crippen molar-refractivity contribution in [3.8, 4) is 5.88 Å². The van der Waals surface area contributed by atoms with E-state index >= 15 is 0 Å². The molecule has 4 heterocycles. The van der Waals surface area contributed by atoms with Gasteiger partial charge >= 0.3 is 0 Å². The number of carbonyl (C=O) groups excluding carboxylic acids is 1. The average molecular weight is 402 g/mol. The molecule has 8 heteroatoms. The highest BCUT2D eigenvalue weighted by Gasteiger charge is 2.43. The van der Waals surface area contributed by atoms with Gasteiger partial charge < -0.3 is 15.0 Å². The van der Waals surface area contributed by atoms with Crippen molar-refractivity contribution in [1.82, 2.24) is 14.9 Å². The van der Waals surface area contributed by atoms with Gasteiger partial charge in [0.05, 0.1) is 7.11 Å². The Kier molecular flexibility index (Phi) is 5.25. The van der Waals surface area contributed by atoms with Gasteiger partial charge in [0.15, 0.2) is 5.13 Å². The lowest BCUT2D eigenvalue weighted by molar-refractivity contribution is -0.114. The Labute approximate surface area is 169 Å². The van der Waals surface area contributed by atoms with Crippen LogP contribution in [0.2, 0.25) is 0 Å². The molecule has 1 spiro atoms. The Hall–Kier alpha value is -2.19. The van der Waals surface area contributed by atoms with Gasteiger partial charge in [-0.25, -0.2) is 4.98 Å². The number of amides is 1. The van der Waals surface area contributed by atoms with Crippen molar-refractivity contribution < 1.29 is 9.53 Å². The Morgan fingerprint density at radius 2 is 2.14 bits per heavy atom. The lowest BCUT2D eigenvalue weighted by Gasteiger charge is -2.25. The number of pyridine rings is 1. The number of nitrogens with zero attached hydrogens (tertiary/aromatic N) is 4. The van der Waals surface area contributed by atoms with E-state index in [9.17, 15) is 4.79 Å². The molecule has 4 rings (SSSR count). The first-order valence-corrected chi connectivity index (χ1v) is 10.5. The molecule has 1 amide bonds. The number of anilines is 2. The number of nitrogens with one attached hydrogen (secondary N) is 1. The summed E-state index contributed by atoms with van der Waals surface area (Å²) in [5.41, 5.74) is 1.51. The minimum atomic E-state index is -0.0755. The van der Waals surface area contributed by atoms with Gasteiger partial charge in [-0.1, -0.05) is 0 Å². The molecule has 0 saturated carbocycles. The SMILES string of the molecule is COc1cc(C)cc(N2CCC3(CCN(Cc4cnc(NC(C)=O)s4)C3)C2)n1. The first kappa shape index (κ1) is 19.1. The number of likely N-dealkylation sites (tertiary alicyclic amines) is 1. The quantitative estimate of drug-likeness (QED) is 0.831. The normalized spacial score (nSPS) is 22.2. The van der Waals surface area contributed by atoms with Gasteiger partial charge in [0.25, 0.3) is 0 Å². The van der Waals surface area contributed by atoms with Crippen molar-refractivity contribution in [2.75, 3.05) is 43.5 Å². The van der Waals surface area contributed by atoms with Gasteiger partial charge in [0, 0.05) is 55.7 Å². The van der Waals surface area contributed by atoms with Crippen LogP contribution in [-0.2, 0) is 11.3 Å². The van der Waals surface area contributed by atoms with Crippen LogP contribution in [0.4, 0.5) is 10.9 Å². The summed E-state index contributed by atoms with van der Waals surface area (Å²) in [5, 5.41) is 3.45. The van der Waals surface area contributed by atoms with Crippen molar-refractivity contribution in [2.45, 2.75) is 33.2 Å². The summed E-state index contributed by atoms with van der Waals surface area (Å²) in [7, 11) is 1.67. The summed E-state index contributed by atoms with van der Waals surface area (Å²) < 4.78 is 5.34. The number of carbonyl (C=O) groups is 1. The van der Waals surface area contributed by atoms with E-state index in [0.717, 1.165) is 38.5 Å². The number of hydrogen-bond donors (Lipinski definition) is 1. The van der Waals surface area contributed by atoms with Crippen LogP contribution in [0.1, 0.15) is 30.2 Å². The molecule has 0 radical (unpaired) electrons. The highest BCUT2D eigenvalue weighted by molar-refractivity contribution is 7.15. The zero-order chi connectivity index (χ0) is 19.7. The van der Waals surface area contributed by atoms with Gasteiger partial charge in [-0.05, 0) is 37.9 Å². The fourth-order valence-electron chi connectivity index (χ4n) is 4.32. The third-order valence-electron chi connectivity index (χ3n) is 5.64. The van der Waals surface area contributed by atoms with E-state index in [1.165, 1.54) is 30.2 Å². The summed E-state index contributed by atoms with van der Waals surface area (Å²) in [4.78, 5) is 26.2. The van der Waals surface area contributed by atoms with Gasteiger partial charge in [0.1, 0.15) is 5.82 Å². The van der Waals surface area contributed by atoms with Crippen LogP contribution in [0.25, 0.3) is 0 Å². The van der Waals surface area contributed by atoms with Crippen LogP contribution in [0.15, 0.2) is 18.3 Å². The van der Waals surface area contributed by atoms with E-state index in [-0.39, 0.29) is 5.91 Å². The van der Waals surface area contributed by atoms with Crippen molar-refractivity contribution >= 4 is 28.2 Å².